The SMILES string of the molecule is COCC1CCCN(C(=O)CCCCC(=O)O)C1. The summed E-state index contributed by atoms with van der Waals surface area (Å²) in [5.41, 5.74) is 0. The Labute approximate surface area is 108 Å². The van der Waals surface area contributed by atoms with Gasteiger partial charge in [-0.1, -0.05) is 0 Å². The second kappa shape index (κ2) is 8.08. The Kier molecular flexibility index (Phi) is 6.72. The molecule has 0 spiro atoms. The van der Waals surface area contributed by atoms with Crippen molar-refractivity contribution in [2.45, 2.75) is 38.5 Å². The minimum Gasteiger partial charge on any atom is -0.481 e. The summed E-state index contributed by atoms with van der Waals surface area (Å²) in [5.74, 6) is -0.187. The Morgan fingerprint density at radius 3 is 2.72 bits per heavy atom. The van der Waals surface area contributed by atoms with E-state index in [9.17, 15) is 9.59 Å². The number of ether oxygens (including phenoxy) is 1. The fourth-order valence-corrected chi connectivity index (χ4v) is 2.37. The van der Waals surface area contributed by atoms with E-state index in [1.165, 1.54) is 0 Å². The third kappa shape index (κ3) is 5.49. The summed E-state index contributed by atoms with van der Waals surface area (Å²) in [6, 6.07) is 0. The molecule has 18 heavy (non-hydrogen) atoms. The lowest BCUT2D eigenvalue weighted by atomic mass is 9.98. The molecule has 0 bridgehead atoms. The van der Waals surface area contributed by atoms with Crippen molar-refractivity contribution in [2.75, 3.05) is 26.8 Å². The molecule has 0 aromatic heterocycles. The molecule has 1 rings (SSSR count). The molecule has 1 aliphatic rings. The van der Waals surface area contributed by atoms with Crippen molar-refractivity contribution in [1.29, 1.82) is 0 Å². The smallest absolute Gasteiger partial charge is 0.303 e. The molecule has 1 amide bonds. The maximum absolute atomic E-state index is 11.9. The van der Waals surface area contributed by atoms with Gasteiger partial charge in [-0.05, 0) is 31.6 Å². The van der Waals surface area contributed by atoms with E-state index in [1.54, 1.807) is 7.11 Å². The highest BCUT2D eigenvalue weighted by Gasteiger charge is 2.22. The summed E-state index contributed by atoms with van der Waals surface area (Å²) in [7, 11) is 1.69. The van der Waals surface area contributed by atoms with Gasteiger partial charge in [-0.15, -0.1) is 0 Å². The van der Waals surface area contributed by atoms with Crippen molar-refractivity contribution in [2.24, 2.45) is 5.92 Å². The van der Waals surface area contributed by atoms with Gasteiger partial charge in [0.15, 0.2) is 0 Å². The molecule has 1 N–H and O–H groups in total. The van der Waals surface area contributed by atoms with E-state index < -0.39 is 5.97 Å². The third-order valence-corrected chi connectivity index (χ3v) is 3.31. The summed E-state index contributed by atoms with van der Waals surface area (Å²) in [6.45, 7) is 2.33. The highest BCUT2D eigenvalue weighted by Crippen LogP contribution is 2.18. The Morgan fingerprint density at radius 2 is 2.06 bits per heavy atom. The van der Waals surface area contributed by atoms with Crippen LogP contribution in [0.25, 0.3) is 0 Å². The van der Waals surface area contributed by atoms with E-state index in [2.05, 4.69) is 0 Å². The number of amides is 1. The van der Waals surface area contributed by atoms with Crippen LogP contribution in [0, 0.1) is 5.92 Å². The van der Waals surface area contributed by atoms with Crippen LogP contribution >= 0.6 is 0 Å². The molecule has 1 saturated heterocycles. The van der Waals surface area contributed by atoms with Gasteiger partial charge in [-0.25, -0.2) is 0 Å². The molecule has 0 saturated carbocycles. The first kappa shape index (κ1) is 15.0. The maximum atomic E-state index is 11.9. The number of rotatable bonds is 7. The van der Waals surface area contributed by atoms with Gasteiger partial charge >= 0.3 is 5.97 Å². The van der Waals surface area contributed by atoms with Crippen molar-refractivity contribution in [3.05, 3.63) is 0 Å². The maximum Gasteiger partial charge on any atom is 0.303 e. The van der Waals surface area contributed by atoms with E-state index >= 15 is 0 Å². The molecule has 1 aliphatic heterocycles. The molecule has 1 heterocycles. The number of carbonyl (C=O) groups excluding carboxylic acids is 1. The molecule has 5 nitrogen and oxygen atoms in total. The average molecular weight is 257 g/mol. The number of piperidine rings is 1. The monoisotopic (exact) mass is 257 g/mol. The van der Waals surface area contributed by atoms with Gasteiger partial charge in [0.05, 0.1) is 6.61 Å². The summed E-state index contributed by atoms with van der Waals surface area (Å²) >= 11 is 0. The zero-order valence-corrected chi connectivity index (χ0v) is 11.1. The first-order valence-electron chi connectivity index (χ1n) is 6.62. The number of nitrogens with zero attached hydrogens (tertiary/aromatic N) is 1. The number of carboxylic acid groups (broad SMARTS) is 1. The number of aliphatic carboxylic acids is 1. The fraction of sp³-hybridized carbons (Fsp3) is 0.846. The summed E-state index contributed by atoms with van der Waals surface area (Å²) in [6.07, 6.45) is 4.02. The molecule has 0 radical (unpaired) electrons. The van der Waals surface area contributed by atoms with E-state index in [4.69, 9.17) is 9.84 Å². The van der Waals surface area contributed by atoms with E-state index in [-0.39, 0.29) is 12.3 Å². The Morgan fingerprint density at radius 1 is 1.33 bits per heavy atom. The van der Waals surface area contributed by atoms with Crippen LogP contribution < -0.4 is 0 Å². The summed E-state index contributed by atoms with van der Waals surface area (Å²) in [4.78, 5) is 24.2. The van der Waals surface area contributed by atoms with Crippen LogP contribution in [0.15, 0.2) is 0 Å². The van der Waals surface area contributed by atoms with Crippen molar-refractivity contribution >= 4 is 11.9 Å². The molecule has 0 aliphatic carbocycles. The topological polar surface area (TPSA) is 66.8 Å². The van der Waals surface area contributed by atoms with Gasteiger partial charge in [-0.2, -0.15) is 0 Å². The average Bonchev–Trinajstić information content (AvgIpc) is 2.35. The highest BCUT2D eigenvalue weighted by molar-refractivity contribution is 5.76. The van der Waals surface area contributed by atoms with Crippen LogP contribution in [0.1, 0.15) is 38.5 Å². The predicted octanol–water partition coefficient (Wildman–Crippen LogP) is 1.52. The Bertz CT molecular complexity index is 278. The zero-order valence-electron chi connectivity index (χ0n) is 11.1. The molecule has 0 aromatic rings. The molecule has 5 heteroatoms. The third-order valence-electron chi connectivity index (χ3n) is 3.31. The number of unbranched alkanes of at least 4 members (excludes halogenated alkanes) is 1. The largest absolute Gasteiger partial charge is 0.481 e. The van der Waals surface area contributed by atoms with Crippen LogP contribution in [0.2, 0.25) is 0 Å². The predicted molar refractivity (Wildman–Crippen MR) is 67.3 cm³/mol. The van der Waals surface area contributed by atoms with Gasteiger partial charge in [-0.3, -0.25) is 9.59 Å². The minimum absolute atomic E-state index is 0.152. The van der Waals surface area contributed by atoms with Gasteiger partial charge in [0, 0.05) is 33.0 Å². The molecule has 1 atom stereocenters. The number of likely N-dealkylation sites (tertiary alicyclic amines) is 1. The molecular weight excluding hydrogens is 234 g/mol. The first-order chi connectivity index (χ1) is 8.63. The summed E-state index contributed by atoms with van der Waals surface area (Å²) in [5, 5.41) is 8.51. The fourth-order valence-electron chi connectivity index (χ4n) is 2.37. The quantitative estimate of drug-likeness (QED) is 0.702. The Balaban J connectivity index is 2.21. The standard InChI is InChI=1S/C13H23NO4/c1-18-10-11-5-4-8-14(9-11)12(15)6-2-3-7-13(16)17/h11H,2-10H2,1H3,(H,16,17). The van der Waals surface area contributed by atoms with Crippen molar-refractivity contribution in [1.82, 2.24) is 4.90 Å². The lowest BCUT2D eigenvalue weighted by Crippen LogP contribution is -2.41. The lowest BCUT2D eigenvalue weighted by molar-refractivity contribution is -0.138. The molecule has 1 unspecified atom stereocenters. The van der Waals surface area contributed by atoms with Crippen LogP contribution in [-0.2, 0) is 14.3 Å². The number of carbonyl (C=O) groups is 2. The van der Waals surface area contributed by atoms with Gasteiger partial charge in [0.25, 0.3) is 0 Å². The van der Waals surface area contributed by atoms with Crippen LogP contribution in [0.5, 0.6) is 0 Å². The lowest BCUT2D eigenvalue weighted by Gasteiger charge is -2.32. The van der Waals surface area contributed by atoms with Gasteiger partial charge in [0.1, 0.15) is 0 Å². The number of methoxy groups -OCH3 is 1. The molecular formula is C13H23NO4. The zero-order chi connectivity index (χ0) is 13.4. The van der Waals surface area contributed by atoms with E-state index in [0.29, 0.717) is 31.8 Å². The molecule has 0 aromatic carbocycles. The van der Waals surface area contributed by atoms with E-state index in [0.717, 1.165) is 25.9 Å². The first-order valence-corrected chi connectivity index (χ1v) is 6.62. The second-order valence-corrected chi connectivity index (χ2v) is 4.90. The van der Waals surface area contributed by atoms with Crippen molar-refractivity contribution in [3.63, 3.8) is 0 Å². The van der Waals surface area contributed by atoms with Crippen LogP contribution in [0.3, 0.4) is 0 Å². The normalized spacial score (nSPS) is 19.8. The number of hydrogen-bond donors (Lipinski definition) is 1. The number of carboxylic acids is 1. The van der Waals surface area contributed by atoms with Crippen LogP contribution in [-0.4, -0.2) is 48.7 Å². The number of hydrogen-bond acceptors (Lipinski definition) is 3. The van der Waals surface area contributed by atoms with Gasteiger partial charge < -0.3 is 14.7 Å². The Hall–Kier alpha value is -1.10. The second-order valence-electron chi connectivity index (χ2n) is 4.90. The highest BCUT2D eigenvalue weighted by atomic mass is 16.5. The van der Waals surface area contributed by atoms with Crippen molar-refractivity contribution < 1.29 is 19.4 Å². The molecule has 1 fully saturated rings. The van der Waals surface area contributed by atoms with Crippen LogP contribution in [0.4, 0.5) is 0 Å². The van der Waals surface area contributed by atoms with Crippen molar-refractivity contribution in [3.8, 4) is 0 Å². The summed E-state index contributed by atoms with van der Waals surface area (Å²) < 4.78 is 5.13. The van der Waals surface area contributed by atoms with E-state index in [1.807, 2.05) is 4.90 Å². The minimum atomic E-state index is -0.791. The van der Waals surface area contributed by atoms with Gasteiger partial charge in [0.2, 0.25) is 5.91 Å². The molecule has 104 valence electrons.